The van der Waals surface area contributed by atoms with Crippen molar-refractivity contribution in [1.82, 2.24) is 10.2 Å². The first-order valence-electron chi connectivity index (χ1n) is 7.42. The number of aromatic carboxylic acids is 1. The number of carboxylic acids is 1. The van der Waals surface area contributed by atoms with E-state index in [4.69, 9.17) is 5.11 Å². The number of benzene rings is 1. The van der Waals surface area contributed by atoms with Gasteiger partial charge in [-0.1, -0.05) is 12.1 Å². The third-order valence-corrected chi connectivity index (χ3v) is 3.85. The van der Waals surface area contributed by atoms with Gasteiger partial charge >= 0.3 is 5.97 Å². The molecule has 1 aromatic carbocycles. The van der Waals surface area contributed by atoms with Crippen molar-refractivity contribution in [2.75, 3.05) is 13.1 Å². The van der Waals surface area contributed by atoms with Crippen molar-refractivity contribution in [2.24, 2.45) is 0 Å². The topological polar surface area (TPSA) is 69.6 Å². The molecule has 2 N–H and O–H groups in total. The van der Waals surface area contributed by atoms with Crippen LogP contribution in [0.4, 0.5) is 0 Å². The number of hydrogen-bond acceptors (Lipinski definition) is 3. The molecule has 0 spiro atoms. The van der Waals surface area contributed by atoms with E-state index in [2.05, 4.69) is 5.32 Å². The number of carboxylic acid groups (broad SMARTS) is 1. The van der Waals surface area contributed by atoms with Gasteiger partial charge in [0, 0.05) is 19.6 Å². The molecular formula is C16H22N2O3. The summed E-state index contributed by atoms with van der Waals surface area (Å²) in [5.41, 5.74) is 1.24. The van der Waals surface area contributed by atoms with Crippen molar-refractivity contribution in [1.29, 1.82) is 0 Å². The minimum Gasteiger partial charge on any atom is -0.478 e. The molecule has 1 aliphatic rings. The Labute approximate surface area is 125 Å². The molecule has 1 aliphatic heterocycles. The highest BCUT2D eigenvalue weighted by Gasteiger charge is 2.21. The van der Waals surface area contributed by atoms with E-state index in [-0.39, 0.29) is 17.5 Å². The summed E-state index contributed by atoms with van der Waals surface area (Å²) in [6.45, 7) is 4.15. The lowest BCUT2D eigenvalue weighted by atomic mass is 10.1. The summed E-state index contributed by atoms with van der Waals surface area (Å²) in [6.07, 6.45) is 3.39. The molecule has 5 heteroatoms. The summed E-state index contributed by atoms with van der Waals surface area (Å²) in [7, 11) is 0. The Kier molecular flexibility index (Phi) is 5.33. The van der Waals surface area contributed by atoms with Gasteiger partial charge in [-0.2, -0.15) is 0 Å². The number of hydrogen-bond donors (Lipinski definition) is 2. The quantitative estimate of drug-likeness (QED) is 0.868. The van der Waals surface area contributed by atoms with E-state index < -0.39 is 5.97 Å². The van der Waals surface area contributed by atoms with Crippen molar-refractivity contribution in [2.45, 2.75) is 38.8 Å². The molecule has 1 amide bonds. The lowest BCUT2D eigenvalue weighted by Crippen LogP contribution is -2.46. The first-order chi connectivity index (χ1) is 10.1. The zero-order chi connectivity index (χ0) is 15.2. The second-order valence-corrected chi connectivity index (χ2v) is 5.49. The molecule has 0 saturated carbocycles. The largest absolute Gasteiger partial charge is 0.478 e. The SMILES string of the molecule is CC(NCc1ccc(C(=O)O)cc1)C(=O)N1CCCCC1. The van der Waals surface area contributed by atoms with Crippen LogP contribution in [0.25, 0.3) is 0 Å². The van der Waals surface area contributed by atoms with Crippen LogP contribution in [-0.4, -0.2) is 41.0 Å². The number of carbonyl (C=O) groups is 2. The van der Waals surface area contributed by atoms with Gasteiger partial charge in [0.15, 0.2) is 0 Å². The van der Waals surface area contributed by atoms with E-state index in [1.165, 1.54) is 6.42 Å². The average Bonchev–Trinajstić information content (AvgIpc) is 2.53. The van der Waals surface area contributed by atoms with Crippen LogP contribution in [0.5, 0.6) is 0 Å². The number of piperidine rings is 1. The average molecular weight is 290 g/mol. The van der Waals surface area contributed by atoms with Gasteiger partial charge in [-0.3, -0.25) is 4.79 Å². The van der Waals surface area contributed by atoms with Crippen molar-refractivity contribution in [3.8, 4) is 0 Å². The summed E-state index contributed by atoms with van der Waals surface area (Å²) in [5, 5.41) is 12.1. The lowest BCUT2D eigenvalue weighted by Gasteiger charge is -2.29. The maximum absolute atomic E-state index is 12.2. The van der Waals surface area contributed by atoms with Crippen molar-refractivity contribution >= 4 is 11.9 Å². The van der Waals surface area contributed by atoms with Crippen LogP contribution in [0, 0.1) is 0 Å². The summed E-state index contributed by atoms with van der Waals surface area (Å²) in [4.78, 5) is 25.0. The highest BCUT2D eigenvalue weighted by atomic mass is 16.4. The minimum absolute atomic E-state index is 0.150. The van der Waals surface area contributed by atoms with Gasteiger partial charge in [-0.05, 0) is 43.9 Å². The maximum Gasteiger partial charge on any atom is 0.335 e. The van der Waals surface area contributed by atoms with E-state index in [9.17, 15) is 9.59 Å². The van der Waals surface area contributed by atoms with Gasteiger partial charge in [-0.15, -0.1) is 0 Å². The molecule has 1 aromatic rings. The van der Waals surface area contributed by atoms with Crippen LogP contribution in [-0.2, 0) is 11.3 Å². The van der Waals surface area contributed by atoms with Crippen LogP contribution in [0.3, 0.4) is 0 Å². The van der Waals surface area contributed by atoms with Gasteiger partial charge in [0.25, 0.3) is 0 Å². The highest BCUT2D eigenvalue weighted by molar-refractivity contribution is 5.87. The summed E-state index contributed by atoms with van der Waals surface area (Å²) >= 11 is 0. The molecule has 0 bridgehead atoms. The van der Waals surface area contributed by atoms with Crippen LogP contribution in [0.15, 0.2) is 24.3 Å². The smallest absolute Gasteiger partial charge is 0.335 e. The van der Waals surface area contributed by atoms with E-state index in [1.54, 1.807) is 24.3 Å². The molecule has 1 fully saturated rings. The van der Waals surface area contributed by atoms with Gasteiger partial charge in [-0.25, -0.2) is 4.79 Å². The Morgan fingerprint density at radius 2 is 1.81 bits per heavy atom. The molecular weight excluding hydrogens is 268 g/mol. The standard InChI is InChI=1S/C16H22N2O3/c1-12(15(19)18-9-3-2-4-10-18)17-11-13-5-7-14(8-6-13)16(20)21/h5-8,12,17H,2-4,9-11H2,1H3,(H,20,21). The normalized spacial score (nSPS) is 16.5. The van der Waals surface area contributed by atoms with Crippen molar-refractivity contribution in [3.63, 3.8) is 0 Å². The third-order valence-electron chi connectivity index (χ3n) is 3.85. The molecule has 1 unspecified atom stereocenters. The summed E-state index contributed by atoms with van der Waals surface area (Å²) < 4.78 is 0. The number of nitrogens with zero attached hydrogens (tertiary/aromatic N) is 1. The Hall–Kier alpha value is -1.88. The predicted octanol–water partition coefficient (Wildman–Crippen LogP) is 1.88. The van der Waals surface area contributed by atoms with Crippen molar-refractivity contribution in [3.05, 3.63) is 35.4 Å². The van der Waals surface area contributed by atoms with E-state index >= 15 is 0 Å². The Morgan fingerprint density at radius 3 is 2.38 bits per heavy atom. The van der Waals surface area contributed by atoms with Gasteiger partial charge < -0.3 is 15.3 Å². The van der Waals surface area contributed by atoms with Crippen LogP contribution < -0.4 is 5.32 Å². The first-order valence-corrected chi connectivity index (χ1v) is 7.42. The molecule has 0 aliphatic carbocycles. The fourth-order valence-electron chi connectivity index (χ4n) is 2.51. The molecule has 21 heavy (non-hydrogen) atoms. The molecule has 114 valence electrons. The second kappa shape index (κ2) is 7.22. The Morgan fingerprint density at radius 1 is 1.19 bits per heavy atom. The van der Waals surface area contributed by atoms with E-state index in [1.807, 2.05) is 11.8 Å². The molecule has 1 heterocycles. The zero-order valence-electron chi connectivity index (χ0n) is 12.3. The maximum atomic E-state index is 12.2. The van der Waals surface area contributed by atoms with Gasteiger partial charge in [0.1, 0.15) is 0 Å². The number of amides is 1. The number of carbonyl (C=O) groups excluding carboxylic acids is 1. The predicted molar refractivity (Wildman–Crippen MR) is 80.1 cm³/mol. The molecule has 2 rings (SSSR count). The number of rotatable bonds is 5. The van der Waals surface area contributed by atoms with E-state index in [0.717, 1.165) is 31.5 Å². The minimum atomic E-state index is -0.928. The number of likely N-dealkylation sites (tertiary alicyclic amines) is 1. The first kappa shape index (κ1) is 15.5. The lowest BCUT2D eigenvalue weighted by molar-refractivity contribution is -0.133. The molecule has 5 nitrogen and oxygen atoms in total. The summed E-state index contributed by atoms with van der Waals surface area (Å²) in [5.74, 6) is -0.778. The van der Waals surface area contributed by atoms with Crippen LogP contribution >= 0.6 is 0 Å². The fraction of sp³-hybridized carbons (Fsp3) is 0.500. The molecule has 1 atom stereocenters. The molecule has 0 aromatic heterocycles. The van der Waals surface area contributed by atoms with E-state index in [0.29, 0.717) is 6.54 Å². The van der Waals surface area contributed by atoms with Gasteiger partial charge in [0.2, 0.25) is 5.91 Å². The second-order valence-electron chi connectivity index (χ2n) is 5.49. The summed E-state index contributed by atoms with van der Waals surface area (Å²) in [6, 6.07) is 6.48. The van der Waals surface area contributed by atoms with Crippen LogP contribution in [0.1, 0.15) is 42.1 Å². The van der Waals surface area contributed by atoms with Crippen molar-refractivity contribution < 1.29 is 14.7 Å². The fourth-order valence-corrected chi connectivity index (χ4v) is 2.51. The Bertz CT molecular complexity index is 493. The number of nitrogens with one attached hydrogen (secondary N) is 1. The van der Waals surface area contributed by atoms with Crippen LogP contribution in [0.2, 0.25) is 0 Å². The molecule has 1 saturated heterocycles. The third kappa shape index (κ3) is 4.29. The Balaban J connectivity index is 1.83. The molecule has 0 radical (unpaired) electrons. The zero-order valence-corrected chi connectivity index (χ0v) is 12.3. The highest BCUT2D eigenvalue weighted by Crippen LogP contribution is 2.10. The van der Waals surface area contributed by atoms with Gasteiger partial charge in [0.05, 0.1) is 11.6 Å². The monoisotopic (exact) mass is 290 g/mol.